The van der Waals surface area contributed by atoms with Crippen LogP contribution in [0.5, 0.6) is 17.2 Å². The third kappa shape index (κ3) is 3.25. The van der Waals surface area contributed by atoms with Crippen LogP contribution < -0.4 is 9.47 Å². The molecule has 2 aromatic carbocycles. The Hall–Kier alpha value is -2.49. The molecule has 0 atom stereocenters. The molecule has 2 rings (SSSR count). The number of carboxylic acid groups (broad SMARTS) is 1. The van der Waals surface area contributed by atoms with Gasteiger partial charge in [-0.15, -0.1) is 0 Å². The van der Waals surface area contributed by atoms with Crippen LogP contribution in [-0.2, 0) is 0 Å². The van der Waals surface area contributed by atoms with Crippen molar-refractivity contribution in [3.8, 4) is 17.2 Å². The van der Waals surface area contributed by atoms with Crippen molar-refractivity contribution in [1.82, 2.24) is 0 Å². The van der Waals surface area contributed by atoms with E-state index in [4.69, 9.17) is 14.6 Å². The van der Waals surface area contributed by atoms with E-state index in [1.54, 1.807) is 36.4 Å². The number of hydrogen-bond acceptors (Lipinski definition) is 3. The summed E-state index contributed by atoms with van der Waals surface area (Å²) in [5.74, 6) is 0.521. The Morgan fingerprint density at radius 2 is 1.84 bits per heavy atom. The summed E-state index contributed by atoms with van der Waals surface area (Å²) in [6.45, 7) is 2.46. The number of aromatic carboxylic acids is 1. The molecule has 0 fully saturated rings. The summed E-state index contributed by atoms with van der Waals surface area (Å²) in [6, 6.07) is 13.6. The molecule has 0 aliphatic rings. The molecule has 19 heavy (non-hydrogen) atoms. The van der Waals surface area contributed by atoms with Crippen molar-refractivity contribution in [1.29, 1.82) is 0 Å². The molecule has 0 saturated heterocycles. The summed E-state index contributed by atoms with van der Waals surface area (Å²) in [7, 11) is 0. The second kappa shape index (κ2) is 5.91. The molecule has 0 aliphatic heterocycles. The Labute approximate surface area is 111 Å². The molecule has 0 spiro atoms. The summed E-state index contributed by atoms with van der Waals surface area (Å²) in [6.07, 6.45) is 0. The number of ether oxygens (including phenoxy) is 2. The minimum Gasteiger partial charge on any atom is -0.494 e. The minimum absolute atomic E-state index is 0.129. The Balaban J connectivity index is 2.26. The Morgan fingerprint density at radius 3 is 2.58 bits per heavy atom. The summed E-state index contributed by atoms with van der Waals surface area (Å²) >= 11 is 0. The average molecular weight is 258 g/mol. The maximum Gasteiger partial charge on any atom is 0.339 e. The van der Waals surface area contributed by atoms with E-state index in [2.05, 4.69) is 0 Å². The van der Waals surface area contributed by atoms with Gasteiger partial charge in [-0.05, 0) is 31.2 Å². The van der Waals surface area contributed by atoms with E-state index in [1.165, 1.54) is 6.07 Å². The first-order valence-electron chi connectivity index (χ1n) is 5.93. The van der Waals surface area contributed by atoms with Crippen LogP contribution in [0.2, 0.25) is 0 Å². The molecular weight excluding hydrogens is 244 g/mol. The zero-order valence-corrected chi connectivity index (χ0v) is 10.5. The maximum atomic E-state index is 11.1. The van der Waals surface area contributed by atoms with Crippen molar-refractivity contribution in [2.45, 2.75) is 6.92 Å². The van der Waals surface area contributed by atoms with Crippen molar-refractivity contribution < 1.29 is 19.4 Å². The van der Waals surface area contributed by atoms with Crippen LogP contribution in [0.15, 0.2) is 48.5 Å². The topological polar surface area (TPSA) is 55.8 Å². The van der Waals surface area contributed by atoms with Crippen LogP contribution >= 0.6 is 0 Å². The van der Waals surface area contributed by atoms with Crippen LogP contribution in [0.3, 0.4) is 0 Å². The van der Waals surface area contributed by atoms with Gasteiger partial charge in [0.05, 0.1) is 6.61 Å². The van der Waals surface area contributed by atoms with E-state index in [1.807, 2.05) is 13.0 Å². The summed E-state index contributed by atoms with van der Waals surface area (Å²) in [4.78, 5) is 11.1. The van der Waals surface area contributed by atoms with E-state index in [9.17, 15) is 4.79 Å². The van der Waals surface area contributed by atoms with Gasteiger partial charge in [-0.25, -0.2) is 4.79 Å². The molecule has 0 aromatic heterocycles. The highest BCUT2D eigenvalue weighted by Crippen LogP contribution is 2.27. The van der Waals surface area contributed by atoms with Crippen LogP contribution in [0.25, 0.3) is 0 Å². The van der Waals surface area contributed by atoms with Crippen molar-refractivity contribution in [3.05, 3.63) is 54.1 Å². The van der Waals surface area contributed by atoms with Crippen molar-refractivity contribution >= 4 is 5.97 Å². The fraction of sp³-hybridized carbons (Fsp3) is 0.133. The predicted octanol–water partition coefficient (Wildman–Crippen LogP) is 3.58. The van der Waals surface area contributed by atoms with Gasteiger partial charge in [0.25, 0.3) is 0 Å². The van der Waals surface area contributed by atoms with E-state index in [0.29, 0.717) is 23.9 Å². The Morgan fingerprint density at radius 1 is 1.11 bits per heavy atom. The summed E-state index contributed by atoms with van der Waals surface area (Å²) in [5.41, 5.74) is 0.129. The zero-order valence-electron chi connectivity index (χ0n) is 10.5. The highest BCUT2D eigenvalue weighted by molar-refractivity contribution is 5.90. The third-order valence-electron chi connectivity index (χ3n) is 2.46. The SMILES string of the molecule is CCOc1cccc(Oc2ccccc2C(=O)O)c1. The lowest BCUT2D eigenvalue weighted by atomic mass is 10.2. The van der Waals surface area contributed by atoms with Gasteiger partial charge in [0, 0.05) is 6.07 Å². The van der Waals surface area contributed by atoms with Gasteiger partial charge in [-0.2, -0.15) is 0 Å². The second-order valence-corrected chi connectivity index (χ2v) is 3.81. The van der Waals surface area contributed by atoms with Gasteiger partial charge < -0.3 is 14.6 Å². The van der Waals surface area contributed by atoms with Gasteiger partial charge >= 0.3 is 5.97 Å². The van der Waals surface area contributed by atoms with Gasteiger partial charge in [-0.3, -0.25) is 0 Å². The van der Waals surface area contributed by atoms with E-state index >= 15 is 0 Å². The van der Waals surface area contributed by atoms with Crippen molar-refractivity contribution in [2.24, 2.45) is 0 Å². The molecule has 98 valence electrons. The van der Waals surface area contributed by atoms with E-state index < -0.39 is 5.97 Å². The molecule has 0 aliphatic carbocycles. The highest BCUT2D eigenvalue weighted by atomic mass is 16.5. The van der Waals surface area contributed by atoms with Crippen LogP contribution in [0.4, 0.5) is 0 Å². The molecule has 0 radical (unpaired) electrons. The summed E-state index contributed by atoms with van der Waals surface area (Å²) in [5, 5.41) is 9.08. The summed E-state index contributed by atoms with van der Waals surface area (Å²) < 4.78 is 11.0. The molecule has 4 nitrogen and oxygen atoms in total. The molecule has 0 bridgehead atoms. The van der Waals surface area contributed by atoms with Gasteiger partial charge in [0.1, 0.15) is 22.8 Å². The maximum absolute atomic E-state index is 11.1. The number of hydrogen-bond donors (Lipinski definition) is 1. The quantitative estimate of drug-likeness (QED) is 0.890. The number of rotatable bonds is 5. The van der Waals surface area contributed by atoms with Gasteiger partial charge in [0.2, 0.25) is 0 Å². The first kappa shape index (κ1) is 13.0. The highest BCUT2D eigenvalue weighted by Gasteiger charge is 2.11. The van der Waals surface area contributed by atoms with E-state index in [0.717, 1.165) is 0 Å². The molecule has 0 saturated carbocycles. The van der Waals surface area contributed by atoms with Crippen molar-refractivity contribution in [2.75, 3.05) is 6.61 Å². The fourth-order valence-electron chi connectivity index (χ4n) is 1.65. The lowest BCUT2D eigenvalue weighted by molar-refractivity contribution is 0.0694. The van der Waals surface area contributed by atoms with E-state index in [-0.39, 0.29) is 5.56 Å². The van der Waals surface area contributed by atoms with Crippen LogP contribution in [0, 0.1) is 0 Å². The van der Waals surface area contributed by atoms with Crippen LogP contribution in [0.1, 0.15) is 17.3 Å². The first-order chi connectivity index (χ1) is 9.20. The normalized spacial score (nSPS) is 9.95. The van der Waals surface area contributed by atoms with Crippen LogP contribution in [-0.4, -0.2) is 17.7 Å². The molecule has 2 aromatic rings. The largest absolute Gasteiger partial charge is 0.494 e. The number of carbonyl (C=O) groups is 1. The Kier molecular flexibility index (Phi) is 4.03. The fourth-order valence-corrected chi connectivity index (χ4v) is 1.65. The predicted molar refractivity (Wildman–Crippen MR) is 71.1 cm³/mol. The Bertz CT molecular complexity index is 578. The number of carboxylic acids is 1. The first-order valence-corrected chi connectivity index (χ1v) is 5.93. The van der Waals surface area contributed by atoms with Gasteiger partial charge in [-0.1, -0.05) is 18.2 Å². The molecule has 0 heterocycles. The lowest BCUT2D eigenvalue weighted by Crippen LogP contribution is -1.99. The monoisotopic (exact) mass is 258 g/mol. The molecule has 1 N–H and O–H groups in total. The molecule has 0 unspecified atom stereocenters. The number of benzene rings is 2. The standard InChI is InChI=1S/C15H14O4/c1-2-18-11-6-5-7-12(10-11)19-14-9-4-3-8-13(14)15(16)17/h3-10H,2H2,1H3,(H,16,17). The number of para-hydroxylation sites is 1. The third-order valence-corrected chi connectivity index (χ3v) is 2.46. The van der Waals surface area contributed by atoms with Gasteiger partial charge in [0.15, 0.2) is 0 Å². The lowest BCUT2D eigenvalue weighted by Gasteiger charge is -2.10. The smallest absolute Gasteiger partial charge is 0.339 e. The minimum atomic E-state index is -1.02. The molecule has 4 heteroatoms. The molecular formula is C15H14O4. The zero-order chi connectivity index (χ0) is 13.7. The van der Waals surface area contributed by atoms with Crippen molar-refractivity contribution in [3.63, 3.8) is 0 Å². The second-order valence-electron chi connectivity index (χ2n) is 3.81. The average Bonchev–Trinajstić information content (AvgIpc) is 2.40. The molecule has 0 amide bonds.